The second kappa shape index (κ2) is 14.7. The van der Waals surface area contributed by atoms with Crippen LogP contribution in [0, 0.1) is 0 Å². The molecule has 16 heteroatoms. The van der Waals surface area contributed by atoms with E-state index < -0.39 is 91.9 Å². The first-order valence-electron chi connectivity index (χ1n) is 13.5. The Hall–Kier alpha value is -1.09. The predicted molar refractivity (Wildman–Crippen MR) is 137 cm³/mol. The van der Waals surface area contributed by atoms with Crippen molar-refractivity contribution < 1.29 is 44.2 Å². The highest BCUT2D eigenvalue weighted by atomic mass is 16.7. The molecule has 0 aromatic rings. The van der Waals surface area contributed by atoms with Gasteiger partial charge in [0, 0.05) is 12.6 Å². The molecule has 0 aromatic heterocycles. The fourth-order valence-corrected chi connectivity index (χ4v) is 5.38. The van der Waals surface area contributed by atoms with Crippen LogP contribution in [0.4, 0.5) is 0 Å². The molecule has 16 N–H and O–H groups in total. The van der Waals surface area contributed by atoms with E-state index in [1.165, 1.54) is 0 Å². The monoisotopic (exact) mass is 565 g/mol. The molecule has 1 saturated carbocycles. The average molecular weight is 566 g/mol. The lowest BCUT2D eigenvalue weighted by molar-refractivity contribution is -0.303. The predicted octanol–water partition coefficient (Wildman–Crippen LogP) is -6.17. The van der Waals surface area contributed by atoms with E-state index in [9.17, 15) is 25.2 Å². The molecule has 228 valence electrons. The summed E-state index contributed by atoms with van der Waals surface area (Å²) in [7, 11) is 1.64. The number of aliphatic hydroxyl groups excluding tert-OH is 4. The highest BCUT2D eigenvalue weighted by Crippen LogP contribution is 2.31. The quantitative estimate of drug-likeness (QED) is 0.111. The molecule has 39 heavy (non-hydrogen) atoms. The van der Waals surface area contributed by atoms with Crippen LogP contribution in [0.3, 0.4) is 0 Å². The van der Waals surface area contributed by atoms with E-state index in [0.29, 0.717) is 19.4 Å². The number of likely N-dealkylation sites (N-methyl/N-ethyl adjacent to an activating group) is 1. The van der Waals surface area contributed by atoms with Gasteiger partial charge in [0.1, 0.15) is 24.4 Å². The Bertz CT molecular complexity index is 771. The molecule has 3 rings (SSSR count). The van der Waals surface area contributed by atoms with Crippen molar-refractivity contribution in [3.63, 3.8) is 0 Å². The summed E-state index contributed by atoms with van der Waals surface area (Å²) in [5.74, 6) is -0.672. The minimum atomic E-state index is -1.46. The van der Waals surface area contributed by atoms with Crippen LogP contribution in [0.25, 0.3) is 0 Å². The summed E-state index contributed by atoms with van der Waals surface area (Å²) in [5.41, 5.74) is 30.0. The number of carbonyl (C=O) groups is 1. The summed E-state index contributed by atoms with van der Waals surface area (Å²) in [4.78, 5) is 12.7. The van der Waals surface area contributed by atoms with E-state index >= 15 is 0 Å². The van der Waals surface area contributed by atoms with Gasteiger partial charge in [-0.1, -0.05) is 0 Å². The van der Waals surface area contributed by atoms with Gasteiger partial charge in [0.05, 0.1) is 49.1 Å². The Balaban J connectivity index is 1.87. The van der Waals surface area contributed by atoms with Crippen LogP contribution < -0.4 is 39.3 Å². The summed E-state index contributed by atoms with van der Waals surface area (Å²) in [5, 5.41) is 46.7. The minimum absolute atomic E-state index is 0.0475. The van der Waals surface area contributed by atoms with Crippen molar-refractivity contribution in [2.24, 2.45) is 28.7 Å². The molecule has 3 aliphatic rings. The molecule has 3 fully saturated rings. The van der Waals surface area contributed by atoms with Gasteiger partial charge in [-0.3, -0.25) is 4.79 Å². The minimum Gasteiger partial charge on any atom is -0.394 e. The summed E-state index contributed by atoms with van der Waals surface area (Å²) in [6.45, 7) is -0.161. The Labute approximate surface area is 227 Å². The van der Waals surface area contributed by atoms with Crippen LogP contribution >= 0.6 is 0 Å². The van der Waals surface area contributed by atoms with Gasteiger partial charge in [-0.25, -0.2) is 0 Å². The van der Waals surface area contributed by atoms with Crippen LogP contribution in [-0.2, 0) is 23.7 Å². The maximum Gasteiger partial charge on any atom is 0.249 e. The third kappa shape index (κ3) is 7.60. The number of ether oxygens (including phenoxy) is 4. The normalized spacial score (nSPS) is 44.1. The number of hydrogen-bond acceptors (Lipinski definition) is 15. The molecule has 16 nitrogen and oxygen atoms in total. The zero-order valence-electron chi connectivity index (χ0n) is 22.2. The van der Waals surface area contributed by atoms with Crippen LogP contribution in [0.1, 0.15) is 25.7 Å². The van der Waals surface area contributed by atoms with Crippen molar-refractivity contribution in [1.82, 2.24) is 10.6 Å². The van der Waals surface area contributed by atoms with Crippen LogP contribution in [0.5, 0.6) is 0 Å². The number of aliphatic hydroxyl groups is 4. The lowest BCUT2D eigenvalue weighted by Crippen LogP contribution is -2.71. The van der Waals surface area contributed by atoms with Gasteiger partial charge in [-0.15, -0.1) is 0 Å². The van der Waals surface area contributed by atoms with Gasteiger partial charge in [-0.2, -0.15) is 0 Å². The molecule has 0 spiro atoms. The summed E-state index contributed by atoms with van der Waals surface area (Å²) >= 11 is 0. The largest absolute Gasteiger partial charge is 0.394 e. The molecular formula is C23H47N7O9. The molecule has 0 radical (unpaired) electrons. The fourth-order valence-electron chi connectivity index (χ4n) is 5.38. The molecule has 14 atom stereocenters. The average Bonchev–Trinajstić information content (AvgIpc) is 2.92. The first-order chi connectivity index (χ1) is 18.6. The van der Waals surface area contributed by atoms with Crippen molar-refractivity contribution in [1.29, 1.82) is 0 Å². The molecule has 0 bridgehead atoms. The molecule has 2 aliphatic heterocycles. The number of carbonyl (C=O) groups excluding carboxylic acids is 1. The molecule has 2 saturated heterocycles. The van der Waals surface area contributed by atoms with Crippen LogP contribution in [0.2, 0.25) is 0 Å². The number of hydrogen-bond donors (Lipinski definition) is 11. The summed E-state index contributed by atoms with van der Waals surface area (Å²) < 4.78 is 24.1. The summed E-state index contributed by atoms with van der Waals surface area (Å²) in [6, 6.07) is -3.71. The Kier molecular flexibility index (Phi) is 12.2. The van der Waals surface area contributed by atoms with Crippen molar-refractivity contribution >= 4 is 5.91 Å². The van der Waals surface area contributed by atoms with E-state index in [1.807, 2.05) is 0 Å². The highest BCUT2D eigenvalue weighted by molar-refractivity contribution is 5.80. The van der Waals surface area contributed by atoms with E-state index in [0.717, 1.165) is 0 Å². The Morgan fingerprint density at radius 3 is 2.33 bits per heavy atom. The highest BCUT2D eigenvalue weighted by Gasteiger charge is 2.51. The molecular weight excluding hydrogens is 518 g/mol. The zero-order valence-corrected chi connectivity index (χ0v) is 22.2. The molecule has 2 heterocycles. The molecule has 6 unspecified atom stereocenters. The van der Waals surface area contributed by atoms with E-state index in [1.54, 1.807) is 7.05 Å². The second-order valence-corrected chi connectivity index (χ2v) is 10.5. The van der Waals surface area contributed by atoms with Gasteiger partial charge >= 0.3 is 0 Å². The van der Waals surface area contributed by atoms with Crippen molar-refractivity contribution in [3.05, 3.63) is 0 Å². The first kappa shape index (κ1) is 32.4. The van der Waals surface area contributed by atoms with Gasteiger partial charge < -0.3 is 78.7 Å². The number of rotatable bonds is 11. The van der Waals surface area contributed by atoms with E-state index in [2.05, 4.69) is 10.6 Å². The molecule has 1 aliphatic carbocycles. The maximum atomic E-state index is 12.7. The van der Waals surface area contributed by atoms with E-state index in [-0.39, 0.29) is 25.5 Å². The van der Waals surface area contributed by atoms with Crippen molar-refractivity contribution in [3.8, 4) is 0 Å². The standard InChI is InChI=1S/C23H47N7O9/c1-29-16-19(38-22-10(26)3-2-9(7-25)36-22)11(27)6-12(30-21(35)13(32)4-5-24)20(16)39-23-18(34)15(28)17(33)14(8-31)37-23/h9-20,22-23,29,31-34H,2-8,24-28H2,1H3,(H,30,35)/t9?,10?,11-,12+,13-,14?,15-,16?,17-,18?,19?,20+,22-,23-/m0/s1. The fraction of sp³-hybridized carbons (Fsp3) is 0.957. The SMILES string of the molecule is CNC1C(O[C@@H]2OC(CN)CCC2N)[C@@H](N)C[C@@H](NC(=O)[C@@H](O)CCN)[C@H]1O[C@@H]1OC(CO)[C@H](O)[C@H](N)C1O. The Morgan fingerprint density at radius 2 is 1.72 bits per heavy atom. The lowest BCUT2D eigenvalue weighted by Gasteiger charge is -2.50. The van der Waals surface area contributed by atoms with Gasteiger partial charge in [0.25, 0.3) is 0 Å². The van der Waals surface area contributed by atoms with Gasteiger partial charge in [0.2, 0.25) is 5.91 Å². The van der Waals surface area contributed by atoms with Crippen LogP contribution in [-0.4, -0.2) is 139 Å². The molecule has 1 amide bonds. The zero-order chi connectivity index (χ0) is 28.9. The topological polar surface area (TPSA) is 289 Å². The molecule has 0 aromatic carbocycles. The van der Waals surface area contributed by atoms with Crippen molar-refractivity contribution in [2.75, 3.05) is 26.7 Å². The third-order valence-electron chi connectivity index (χ3n) is 7.74. The van der Waals surface area contributed by atoms with E-state index in [4.69, 9.17) is 47.6 Å². The first-order valence-corrected chi connectivity index (χ1v) is 13.5. The second-order valence-electron chi connectivity index (χ2n) is 10.5. The number of nitrogens with two attached hydrogens (primary N) is 5. The smallest absolute Gasteiger partial charge is 0.249 e. The number of amides is 1. The third-order valence-corrected chi connectivity index (χ3v) is 7.74. The van der Waals surface area contributed by atoms with Gasteiger partial charge in [-0.05, 0) is 39.3 Å². The van der Waals surface area contributed by atoms with Crippen LogP contribution in [0.15, 0.2) is 0 Å². The maximum absolute atomic E-state index is 12.7. The van der Waals surface area contributed by atoms with Gasteiger partial charge in [0.15, 0.2) is 12.6 Å². The summed E-state index contributed by atoms with van der Waals surface area (Å²) in [6.07, 6.45) is -7.79. The van der Waals surface area contributed by atoms with Crippen molar-refractivity contribution in [2.45, 2.75) is 111 Å². The Morgan fingerprint density at radius 1 is 1.03 bits per heavy atom. The lowest BCUT2D eigenvalue weighted by atomic mass is 9.81. The number of nitrogens with one attached hydrogen (secondary N) is 2.